The van der Waals surface area contributed by atoms with Crippen molar-refractivity contribution < 1.29 is 14.3 Å². The SMILES string of the molecule is COc1cc(C(=O)Nc2nnc(C)s2)cc(OC)c1Br. The van der Waals surface area contributed by atoms with Crippen molar-refractivity contribution in [1.29, 1.82) is 0 Å². The van der Waals surface area contributed by atoms with Gasteiger partial charge >= 0.3 is 0 Å². The summed E-state index contributed by atoms with van der Waals surface area (Å²) < 4.78 is 11.1. The lowest BCUT2D eigenvalue weighted by atomic mass is 10.2. The van der Waals surface area contributed by atoms with Crippen LogP contribution in [0.5, 0.6) is 11.5 Å². The van der Waals surface area contributed by atoms with E-state index in [1.807, 2.05) is 6.92 Å². The van der Waals surface area contributed by atoms with E-state index in [4.69, 9.17) is 9.47 Å². The van der Waals surface area contributed by atoms with E-state index in [0.29, 0.717) is 26.7 Å². The Morgan fingerprint density at radius 1 is 1.25 bits per heavy atom. The molecule has 1 N–H and O–H groups in total. The van der Waals surface area contributed by atoms with Gasteiger partial charge in [0.1, 0.15) is 21.0 Å². The quantitative estimate of drug-likeness (QED) is 0.910. The molecule has 0 spiro atoms. The van der Waals surface area contributed by atoms with Crippen LogP contribution in [0.25, 0.3) is 0 Å². The minimum absolute atomic E-state index is 0.301. The van der Waals surface area contributed by atoms with Gasteiger partial charge in [-0.3, -0.25) is 10.1 Å². The lowest BCUT2D eigenvalue weighted by Crippen LogP contribution is -2.12. The summed E-state index contributed by atoms with van der Waals surface area (Å²) in [6, 6.07) is 3.24. The Labute approximate surface area is 128 Å². The van der Waals surface area contributed by atoms with E-state index in [1.54, 1.807) is 12.1 Å². The molecule has 8 heteroatoms. The number of halogens is 1. The van der Waals surface area contributed by atoms with Crippen LogP contribution in [0, 0.1) is 6.92 Å². The van der Waals surface area contributed by atoms with Crippen LogP contribution in [0.2, 0.25) is 0 Å². The van der Waals surface area contributed by atoms with Crippen molar-refractivity contribution in [2.45, 2.75) is 6.92 Å². The van der Waals surface area contributed by atoms with E-state index < -0.39 is 0 Å². The second-order valence-electron chi connectivity index (χ2n) is 3.78. The van der Waals surface area contributed by atoms with E-state index in [0.717, 1.165) is 5.01 Å². The molecule has 1 heterocycles. The average Bonchev–Trinajstić information content (AvgIpc) is 2.84. The molecule has 6 nitrogen and oxygen atoms in total. The number of anilines is 1. The van der Waals surface area contributed by atoms with Crippen LogP contribution in [-0.2, 0) is 0 Å². The fourth-order valence-electron chi connectivity index (χ4n) is 1.52. The van der Waals surface area contributed by atoms with Crippen LogP contribution in [-0.4, -0.2) is 30.3 Å². The molecule has 20 heavy (non-hydrogen) atoms. The van der Waals surface area contributed by atoms with Crippen LogP contribution in [0.3, 0.4) is 0 Å². The number of aryl methyl sites for hydroxylation is 1. The number of rotatable bonds is 4. The predicted molar refractivity (Wildman–Crippen MR) is 79.8 cm³/mol. The summed E-state index contributed by atoms with van der Waals surface area (Å²) in [4.78, 5) is 12.2. The summed E-state index contributed by atoms with van der Waals surface area (Å²) in [5, 5.41) is 11.6. The molecule has 0 aliphatic heterocycles. The molecular weight excluding hydrogens is 346 g/mol. The second kappa shape index (κ2) is 6.19. The molecule has 1 aromatic heterocycles. The van der Waals surface area contributed by atoms with Crippen LogP contribution < -0.4 is 14.8 Å². The van der Waals surface area contributed by atoms with Gasteiger partial charge in [-0.15, -0.1) is 10.2 Å². The maximum atomic E-state index is 12.2. The van der Waals surface area contributed by atoms with E-state index in [2.05, 4.69) is 31.4 Å². The normalized spacial score (nSPS) is 10.2. The molecule has 2 rings (SSSR count). The van der Waals surface area contributed by atoms with E-state index in [-0.39, 0.29) is 5.91 Å². The molecule has 1 amide bonds. The first-order valence-electron chi connectivity index (χ1n) is 5.58. The van der Waals surface area contributed by atoms with Crippen molar-refractivity contribution >= 4 is 38.3 Å². The summed E-state index contributed by atoms with van der Waals surface area (Å²) in [7, 11) is 3.05. The number of benzene rings is 1. The first-order valence-corrected chi connectivity index (χ1v) is 7.19. The lowest BCUT2D eigenvalue weighted by Gasteiger charge is -2.10. The summed E-state index contributed by atoms with van der Waals surface area (Å²) in [6.07, 6.45) is 0. The number of methoxy groups -OCH3 is 2. The van der Waals surface area contributed by atoms with E-state index in [9.17, 15) is 4.79 Å². The number of carbonyl (C=O) groups excluding carboxylic acids is 1. The van der Waals surface area contributed by atoms with Crippen molar-refractivity contribution in [2.24, 2.45) is 0 Å². The van der Waals surface area contributed by atoms with Crippen molar-refractivity contribution in [3.8, 4) is 11.5 Å². The Morgan fingerprint density at radius 2 is 1.85 bits per heavy atom. The molecule has 0 atom stereocenters. The van der Waals surface area contributed by atoms with Crippen molar-refractivity contribution in [3.05, 3.63) is 27.2 Å². The van der Waals surface area contributed by atoms with Gasteiger partial charge in [0.05, 0.1) is 14.2 Å². The van der Waals surface area contributed by atoms with Crippen LogP contribution in [0.1, 0.15) is 15.4 Å². The molecule has 2 aromatic rings. The average molecular weight is 358 g/mol. The summed E-state index contributed by atoms with van der Waals surface area (Å²) in [5.41, 5.74) is 0.412. The molecule has 1 aromatic carbocycles. The molecular formula is C12H12BrN3O3S. The molecule has 0 fully saturated rings. The summed E-state index contributed by atoms with van der Waals surface area (Å²) >= 11 is 4.66. The van der Waals surface area contributed by atoms with Crippen LogP contribution >= 0.6 is 27.3 Å². The first-order chi connectivity index (χ1) is 9.55. The van der Waals surface area contributed by atoms with Crippen molar-refractivity contribution in [2.75, 3.05) is 19.5 Å². The first kappa shape index (κ1) is 14.7. The van der Waals surface area contributed by atoms with Crippen LogP contribution in [0.4, 0.5) is 5.13 Å². The molecule has 0 bridgehead atoms. The fourth-order valence-corrected chi connectivity index (χ4v) is 2.66. The Bertz CT molecular complexity index is 620. The van der Waals surface area contributed by atoms with Gasteiger partial charge in [-0.2, -0.15) is 0 Å². The predicted octanol–water partition coefficient (Wildman–Crippen LogP) is 2.88. The van der Waals surface area contributed by atoms with Crippen molar-refractivity contribution in [1.82, 2.24) is 10.2 Å². The Kier molecular flexibility index (Phi) is 4.56. The highest BCUT2D eigenvalue weighted by atomic mass is 79.9. The molecule has 0 aliphatic rings. The fraction of sp³-hybridized carbons (Fsp3) is 0.250. The highest BCUT2D eigenvalue weighted by Crippen LogP contribution is 2.35. The largest absolute Gasteiger partial charge is 0.495 e. The van der Waals surface area contributed by atoms with Gasteiger partial charge < -0.3 is 9.47 Å². The summed E-state index contributed by atoms with van der Waals surface area (Å²) in [6.45, 7) is 1.82. The number of ether oxygens (including phenoxy) is 2. The maximum absolute atomic E-state index is 12.2. The zero-order valence-electron chi connectivity index (χ0n) is 11.1. The number of hydrogen-bond donors (Lipinski definition) is 1. The minimum Gasteiger partial charge on any atom is -0.495 e. The number of nitrogens with zero attached hydrogens (tertiary/aromatic N) is 2. The molecule has 0 aliphatic carbocycles. The van der Waals surface area contributed by atoms with Gasteiger partial charge in [0, 0.05) is 5.56 Å². The number of carbonyl (C=O) groups is 1. The van der Waals surface area contributed by atoms with E-state index >= 15 is 0 Å². The van der Waals surface area contributed by atoms with Gasteiger partial charge in [-0.25, -0.2) is 0 Å². The van der Waals surface area contributed by atoms with Gasteiger partial charge in [-0.05, 0) is 35.0 Å². The topological polar surface area (TPSA) is 73.3 Å². The minimum atomic E-state index is -0.301. The Morgan fingerprint density at radius 3 is 2.30 bits per heavy atom. The monoisotopic (exact) mass is 357 g/mol. The standard InChI is InChI=1S/C12H12BrN3O3S/c1-6-15-16-12(20-6)14-11(17)7-4-8(18-2)10(13)9(5-7)19-3/h4-5H,1-3H3,(H,14,16,17). The number of hydrogen-bond acceptors (Lipinski definition) is 6. The highest BCUT2D eigenvalue weighted by Gasteiger charge is 2.15. The molecule has 0 radical (unpaired) electrons. The van der Waals surface area contributed by atoms with Crippen LogP contribution in [0.15, 0.2) is 16.6 Å². The highest BCUT2D eigenvalue weighted by molar-refractivity contribution is 9.10. The Balaban J connectivity index is 2.29. The second-order valence-corrected chi connectivity index (χ2v) is 5.75. The Hall–Kier alpha value is -1.67. The third-order valence-corrected chi connectivity index (χ3v) is 3.99. The van der Waals surface area contributed by atoms with Gasteiger partial charge in [0.15, 0.2) is 0 Å². The smallest absolute Gasteiger partial charge is 0.257 e. The van der Waals surface area contributed by atoms with Gasteiger partial charge in [0.25, 0.3) is 5.91 Å². The zero-order chi connectivity index (χ0) is 14.7. The zero-order valence-corrected chi connectivity index (χ0v) is 13.5. The van der Waals surface area contributed by atoms with Gasteiger partial charge in [0.2, 0.25) is 5.13 Å². The molecule has 0 unspecified atom stereocenters. The van der Waals surface area contributed by atoms with E-state index in [1.165, 1.54) is 25.6 Å². The third kappa shape index (κ3) is 3.07. The number of aromatic nitrogens is 2. The molecule has 0 saturated heterocycles. The summed E-state index contributed by atoms with van der Waals surface area (Å²) in [5.74, 6) is 0.733. The number of nitrogens with one attached hydrogen (secondary N) is 1. The van der Waals surface area contributed by atoms with Crippen molar-refractivity contribution in [3.63, 3.8) is 0 Å². The molecule has 0 saturated carbocycles. The maximum Gasteiger partial charge on any atom is 0.257 e. The molecule has 106 valence electrons. The third-order valence-electron chi connectivity index (χ3n) is 2.45. The lowest BCUT2D eigenvalue weighted by molar-refractivity contribution is 0.102. The number of amides is 1. The van der Waals surface area contributed by atoms with Gasteiger partial charge in [-0.1, -0.05) is 11.3 Å².